The molecule has 112 valence electrons. The molecule has 2 rings (SSSR count). The van der Waals surface area contributed by atoms with Gasteiger partial charge >= 0.3 is 0 Å². The van der Waals surface area contributed by atoms with E-state index in [-0.39, 0.29) is 6.10 Å². The maximum atomic E-state index is 5.63. The molecule has 0 spiro atoms. The third-order valence-electron chi connectivity index (χ3n) is 2.83. The lowest BCUT2D eigenvalue weighted by molar-refractivity contribution is 0.242. The van der Waals surface area contributed by atoms with Crippen LogP contribution in [0.2, 0.25) is 0 Å². The summed E-state index contributed by atoms with van der Waals surface area (Å²) in [5.41, 5.74) is 2.08. The van der Waals surface area contributed by atoms with E-state index in [9.17, 15) is 0 Å². The molecule has 21 heavy (non-hydrogen) atoms. The van der Waals surface area contributed by atoms with Gasteiger partial charge in [-0.05, 0) is 50.6 Å². The minimum Gasteiger partial charge on any atom is -0.491 e. The van der Waals surface area contributed by atoms with Crippen LogP contribution in [0.25, 0.3) is 0 Å². The molecule has 2 aromatic rings. The van der Waals surface area contributed by atoms with Gasteiger partial charge in [-0.15, -0.1) is 0 Å². The van der Waals surface area contributed by atoms with E-state index >= 15 is 0 Å². The Morgan fingerprint density at radius 3 is 2.57 bits per heavy atom. The van der Waals surface area contributed by atoms with E-state index in [1.807, 2.05) is 45.0 Å². The van der Waals surface area contributed by atoms with Crippen LogP contribution in [0.5, 0.6) is 11.6 Å². The molecule has 0 aliphatic rings. The van der Waals surface area contributed by atoms with Gasteiger partial charge in [0.25, 0.3) is 0 Å². The van der Waals surface area contributed by atoms with Crippen molar-refractivity contribution in [1.29, 1.82) is 0 Å². The van der Waals surface area contributed by atoms with Crippen LogP contribution in [-0.2, 0) is 6.54 Å². The van der Waals surface area contributed by atoms with Crippen LogP contribution in [0.15, 0.2) is 42.6 Å². The standard InChI is InChI=1S/C17H22N2O2/c1-4-20-17-16(6-5-11-18-17)19-12-14-7-9-15(10-8-14)21-13(2)3/h5-11,13,19H,4,12H2,1-3H3. The van der Waals surface area contributed by atoms with E-state index in [2.05, 4.69) is 22.4 Å². The van der Waals surface area contributed by atoms with Crippen LogP contribution < -0.4 is 14.8 Å². The molecule has 4 nitrogen and oxygen atoms in total. The lowest BCUT2D eigenvalue weighted by Crippen LogP contribution is -2.06. The number of rotatable bonds is 7. The van der Waals surface area contributed by atoms with E-state index in [1.54, 1.807) is 6.20 Å². The van der Waals surface area contributed by atoms with Gasteiger partial charge in [0.1, 0.15) is 5.75 Å². The average Bonchev–Trinajstić information content (AvgIpc) is 2.48. The molecule has 0 bridgehead atoms. The molecule has 0 aliphatic carbocycles. The SMILES string of the molecule is CCOc1ncccc1NCc1ccc(OC(C)C)cc1. The summed E-state index contributed by atoms with van der Waals surface area (Å²) in [6.07, 6.45) is 1.92. The largest absolute Gasteiger partial charge is 0.491 e. The number of benzene rings is 1. The Kier molecular flexibility index (Phi) is 5.43. The molecule has 0 aliphatic heterocycles. The van der Waals surface area contributed by atoms with Gasteiger partial charge in [-0.1, -0.05) is 12.1 Å². The molecule has 0 atom stereocenters. The molecule has 4 heteroatoms. The number of nitrogens with zero attached hydrogens (tertiary/aromatic N) is 1. The summed E-state index contributed by atoms with van der Waals surface area (Å²) >= 11 is 0. The Morgan fingerprint density at radius 2 is 1.90 bits per heavy atom. The zero-order valence-electron chi connectivity index (χ0n) is 12.8. The van der Waals surface area contributed by atoms with Gasteiger partial charge in [0, 0.05) is 12.7 Å². The molecule has 1 heterocycles. The first kappa shape index (κ1) is 15.2. The fourth-order valence-corrected chi connectivity index (χ4v) is 1.93. The van der Waals surface area contributed by atoms with Crippen molar-refractivity contribution in [3.05, 3.63) is 48.2 Å². The lowest BCUT2D eigenvalue weighted by atomic mass is 10.2. The summed E-state index contributed by atoms with van der Waals surface area (Å²) in [6.45, 7) is 7.31. The highest BCUT2D eigenvalue weighted by Gasteiger charge is 2.04. The number of hydrogen-bond donors (Lipinski definition) is 1. The van der Waals surface area contributed by atoms with Crippen LogP contribution in [0.3, 0.4) is 0 Å². The number of aromatic nitrogens is 1. The van der Waals surface area contributed by atoms with Crippen LogP contribution in [0.1, 0.15) is 26.3 Å². The molecule has 0 fully saturated rings. The zero-order chi connectivity index (χ0) is 15.1. The summed E-state index contributed by atoms with van der Waals surface area (Å²) in [7, 11) is 0. The normalized spacial score (nSPS) is 10.5. The number of anilines is 1. The lowest BCUT2D eigenvalue weighted by Gasteiger charge is -2.12. The van der Waals surface area contributed by atoms with E-state index in [0.29, 0.717) is 19.0 Å². The molecular weight excluding hydrogens is 264 g/mol. The first-order chi connectivity index (χ1) is 10.2. The minimum atomic E-state index is 0.193. The molecule has 1 N–H and O–H groups in total. The topological polar surface area (TPSA) is 43.4 Å². The summed E-state index contributed by atoms with van der Waals surface area (Å²) in [5.74, 6) is 1.53. The highest BCUT2D eigenvalue weighted by molar-refractivity contribution is 5.52. The molecule has 0 radical (unpaired) electrons. The maximum absolute atomic E-state index is 5.63. The second-order valence-corrected chi connectivity index (χ2v) is 4.95. The maximum Gasteiger partial charge on any atom is 0.237 e. The van der Waals surface area contributed by atoms with E-state index in [0.717, 1.165) is 11.4 Å². The van der Waals surface area contributed by atoms with E-state index in [1.165, 1.54) is 5.56 Å². The van der Waals surface area contributed by atoms with Crippen LogP contribution in [0.4, 0.5) is 5.69 Å². The van der Waals surface area contributed by atoms with Crippen LogP contribution >= 0.6 is 0 Å². The molecule has 0 saturated heterocycles. The number of pyridine rings is 1. The first-order valence-corrected chi connectivity index (χ1v) is 7.26. The summed E-state index contributed by atoms with van der Waals surface area (Å²) < 4.78 is 11.1. The molecular formula is C17H22N2O2. The van der Waals surface area contributed by atoms with Crippen molar-refractivity contribution >= 4 is 5.69 Å². The zero-order valence-corrected chi connectivity index (χ0v) is 12.8. The van der Waals surface area contributed by atoms with Gasteiger partial charge in [0.2, 0.25) is 5.88 Å². The van der Waals surface area contributed by atoms with E-state index in [4.69, 9.17) is 9.47 Å². The van der Waals surface area contributed by atoms with Gasteiger partial charge in [0.15, 0.2) is 0 Å². The van der Waals surface area contributed by atoms with Crippen molar-refractivity contribution in [2.24, 2.45) is 0 Å². The van der Waals surface area contributed by atoms with Crippen LogP contribution in [-0.4, -0.2) is 17.7 Å². The second kappa shape index (κ2) is 7.53. The Morgan fingerprint density at radius 1 is 1.14 bits per heavy atom. The monoisotopic (exact) mass is 286 g/mol. The van der Waals surface area contributed by atoms with Gasteiger partial charge in [-0.2, -0.15) is 0 Å². The fourth-order valence-electron chi connectivity index (χ4n) is 1.93. The molecule has 0 saturated carbocycles. The van der Waals surface area contributed by atoms with Crippen molar-refractivity contribution < 1.29 is 9.47 Å². The Balaban J connectivity index is 1.96. The average molecular weight is 286 g/mol. The van der Waals surface area contributed by atoms with Gasteiger partial charge < -0.3 is 14.8 Å². The van der Waals surface area contributed by atoms with Crippen molar-refractivity contribution in [1.82, 2.24) is 4.98 Å². The summed E-state index contributed by atoms with van der Waals surface area (Å²) in [4.78, 5) is 4.22. The Hall–Kier alpha value is -2.23. The highest BCUT2D eigenvalue weighted by Crippen LogP contribution is 2.21. The molecule has 1 aromatic heterocycles. The number of ether oxygens (including phenoxy) is 2. The van der Waals surface area contributed by atoms with Gasteiger partial charge in [0.05, 0.1) is 18.4 Å². The minimum absolute atomic E-state index is 0.193. The van der Waals surface area contributed by atoms with Crippen molar-refractivity contribution in [2.45, 2.75) is 33.4 Å². The quantitative estimate of drug-likeness (QED) is 0.839. The van der Waals surface area contributed by atoms with Crippen molar-refractivity contribution in [3.63, 3.8) is 0 Å². The Labute approximate surface area is 126 Å². The van der Waals surface area contributed by atoms with E-state index < -0.39 is 0 Å². The molecule has 0 unspecified atom stereocenters. The summed E-state index contributed by atoms with van der Waals surface area (Å²) in [5, 5.41) is 3.35. The van der Waals surface area contributed by atoms with Gasteiger partial charge in [-0.25, -0.2) is 4.98 Å². The summed E-state index contributed by atoms with van der Waals surface area (Å²) in [6, 6.07) is 12.0. The third-order valence-corrected chi connectivity index (χ3v) is 2.83. The molecule has 1 aromatic carbocycles. The smallest absolute Gasteiger partial charge is 0.237 e. The fraction of sp³-hybridized carbons (Fsp3) is 0.353. The van der Waals surface area contributed by atoms with Gasteiger partial charge in [-0.3, -0.25) is 0 Å². The number of hydrogen-bond acceptors (Lipinski definition) is 4. The van der Waals surface area contributed by atoms with Crippen molar-refractivity contribution in [2.75, 3.05) is 11.9 Å². The third kappa shape index (κ3) is 4.67. The van der Waals surface area contributed by atoms with Crippen LogP contribution in [0, 0.1) is 0 Å². The highest BCUT2D eigenvalue weighted by atomic mass is 16.5. The molecule has 0 amide bonds. The predicted molar refractivity (Wildman–Crippen MR) is 84.9 cm³/mol. The van der Waals surface area contributed by atoms with Crippen molar-refractivity contribution in [3.8, 4) is 11.6 Å². The Bertz CT molecular complexity index is 553. The number of nitrogens with one attached hydrogen (secondary N) is 1. The second-order valence-electron chi connectivity index (χ2n) is 4.95. The first-order valence-electron chi connectivity index (χ1n) is 7.26. The predicted octanol–water partition coefficient (Wildman–Crippen LogP) is 3.88.